The highest BCUT2D eigenvalue weighted by atomic mass is 19.1. The zero-order valence-electron chi connectivity index (χ0n) is 9.53. The lowest BCUT2D eigenvalue weighted by Gasteiger charge is -2.19. The zero-order valence-corrected chi connectivity index (χ0v) is 9.53. The molecule has 0 spiro atoms. The van der Waals surface area contributed by atoms with Crippen LogP contribution in [0.2, 0.25) is 0 Å². The van der Waals surface area contributed by atoms with Gasteiger partial charge in [-0.3, -0.25) is 0 Å². The van der Waals surface area contributed by atoms with Gasteiger partial charge in [0.15, 0.2) is 0 Å². The fourth-order valence-electron chi connectivity index (χ4n) is 2.00. The Morgan fingerprint density at radius 3 is 2.56 bits per heavy atom. The molecular formula is C14H15FO. The molecule has 1 aliphatic carbocycles. The van der Waals surface area contributed by atoms with Gasteiger partial charge in [0.2, 0.25) is 0 Å². The maximum atomic E-state index is 12.8. The van der Waals surface area contributed by atoms with Gasteiger partial charge in [-0.1, -0.05) is 17.7 Å². The van der Waals surface area contributed by atoms with Crippen LogP contribution in [0.3, 0.4) is 0 Å². The van der Waals surface area contributed by atoms with Crippen LogP contribution >= 0.6 is 0 Å². The third-order valence-corrected chi connectivity index (χ3v) is 2.83. The second-order valence-corrected chi connectivity index (χ2v) is 4.13. The van der Waals surface area contributed by atoms with Crippen LogP contribution < -0.4 is 0 Å². The predicted octanol–water partition coefficient (Wildman–Crippen LogP) is 3.79. The molecule has 0 saturated carbocycles. The molecule has 1 atom stereocenters. The van der Waals surface area contributed by atoms with Crippen LogP contribution in [0.25, 0.3) is 0 Å². The second kappa shape index (κ2) is 4.52. The molecule has 1 aliphatic rings. The molecule has 84 valence electrons. The summed E-state index contributed by atoms with van der Waals surface area (Å²) in [7, 11) is 1.67. The lowest BCUT2D eigenvalue weighted by molar-refractivity contribution is 0.301. The van der Waals surface area contributed by atoms with E-state index in [1.165, 1.54) is 17.7 Å². The van der Waals surface area contributed by atoms with E-state index in [1.807, 2.05) is 18.2 Å². The summed E-state index contributed by atoms with van der Waals surface area (Å²) in [5.74, 6) is 0.987. The number of methoxy groups -OCH3 is 1. The van der Waals surface area contributed by atoms with Crippen LogP contribution in [0.4, 0.5) is 4.39 Å². The van der Waals surface area contributed by atoms with Crippen molar-refractivity contribution in [3.63, 3.8) is 0 Å². The van der Waals surface area contributed by atoms with Gasteiger partial charge >= 0.3 is 0 Å². The number of halogens is 1. The Morgan fingerprint density at radius 1 is 1.25 bits per heavy atom. The standard InChI is InChI=1S/C14H15FO/c1-10-7-12(9-14(8-10)16-2)11-3-5-13(15)6-4-11/h3-6,8-9,12H,7H2,1-2H3. The van der Waals surface area contributed by atoms with Crippen molar-refractivity contribution >= 4 is 0 Å². The van der Waals surface area contributed by atoms with Crippen LogP contribution in [-0.4, -0.2) is 7.11 Å². The Labute approximate surface area is 95.2 Å². The number of hydrogen-bond donors (Lipinski definition) is 0. The number of ether oxygens (including phenoxy) is 1. The van der Waals surface area contributed by atoms with E-state index in [0.717, 1.165) is 17.7 Å². The average molecular weight is 218 g/mol. The summed E-state index contributed by atoms with van der Waals surface area (Å²) in [5, 5.41) is 0. The van der Waals surface area contributed by atoms with Crippen molar-refractivity contribution in [3.8, 4) is 0 Å². The van der Waals surface area contributed by atoms with E-state index < -0.39 is 0 Å². The van der Waals surface area contributed by atoms with Crippen molar-refractivity contribution in [1.82, 2.24) is 0 Å². The summed E-state index contributed by atoms with van der Waals surface area (Å²) in [6, 6.07) is 6.68. The molecule has 0 amide bonds. The lowest BCUT2D eigenvalue weighted by Crippen LogP contribution is -2.03. The number of allylic oxidation sites excluding steroid dienone is 3. The molecule has 1 aromatic rings. The zero-order chi connectivity index (χ0) is 11.5. The van der Waals surface area contributed by atoms with E-state index in [4.69, 9.17) is 4.74 Å². The second-order valence-electron chi connectivity index (χ2n) is 4.13. The third-order valence-electron chi connectivity index (χ3n) is 2.83. The Balaban J connectivity index is 2.26. The molecule has 0 radical (unpaired) electrons. The van der Waals surface area contributed by atoms with Gasteiger partial charge in [0.25, 0.3) is 0 Å². The number of benzene rings is 1. The van der Waals surface area contributed by atoms with E-state index in [2.05, 4.69) is 13.0 Å². The largest absolute Gasteiger partial charge is 0.497 e. The smallest absolute Gasteiger partial charge is 0.123 e. The Kier molecular flexibility index (Phi) is 3.09. The molecule has 0 bridgehead atoms. The minimum Gasteiger partial charge on any atom is -0.497 e. The Morgan fingerprint density at radius 2 is 1.94 bits per heavy atom. The van der Waals surface area contributed by atoms with Crippen molar-refractivity contribution < 1.29 is 9.13 Å². The number of hydrogen-bond acceptors (Lipinski definition) is 1. The minimum absolute atomic E-state index is 0.192. The molecule has 2 rings (SSSR count). The lowest BCUT2D eigenvalue weighted by atomic mass is 9.88. The van der Waals surface area contributed by atoms with E-state index >= 15 is 0 Å². The highest BCUT2D eigenvalue weighted by molar-refractivity contribution is 5.34. The molecule has 0 aromatic heterocycles. The molecule has 2 heteroatoms. The molecule has 0 heterocycles. The van der Waals surface area contributed by atoms with Gasteiger partial charge in [0.1, 0.15) is 11.6 Å². The monoisotopic (exact) mass is 218 g/mol. The van der Waals surface area contributed by atoms with Crippen molar-refractivity contribution in [2.75, 3.05) is 7.11 Å². The van der Waals surface area contributed by atoms with Crippen molar-refractivity contribution in [1.29, 1.82) is 0 Å². The van der Waals surface area contributed by atoms with Gasteiger partial charge in [0, 0.05) is 5.92 Å². The highest BCUT2D eigenvalue weighted by Crippen LogP contribution is 2.31. The fourth-order valence-corrected chi connectivity index (χ4v) is 2.00. The first kappa shape index (κ1) is 10.9. The van der Waals surface area contributed by atoms with E-state index in [-0.39, 0.29) is 5.82 Å². The van der Waals surface area contributed by atoms with Crippen molar-refractivity contribution in [2.45, 2.75) is 19.3 Å². The van der Waals surface area contributed by atoms with Gasteiger partial charge in [0.05, 0.1) is 7.11 Å². The quantitative estimate of drug-likeness (QED) is 0.733. The molecule has 16 heavy (non-hydrogen) atoms. The van der Waals surface area contributed by atoms with Crippen LogP contribution in [0.1, 0.15) is 24.8 Å². The van der Waals surface area contributed by atoms with Gasteiger partial charge in [-0.2, -0.15) is 0 Å². The van der Waals surface area contributed by atoms with Gasteiger partial charge in [-0.15, -0.1) is 0 Å². The molecule has 1 unspecified atom stereocenters. The molecule has 1 nitrogen and oxygen atoms in total. The third kappa shape index (κ3) is 2.32. The molecule has 1 aromatic carbocycles. The van der Waals surface area contributed by atoms with Crippen LogP contribution in [0.15, 0.2) is 47.7 Å². The summed E-state index contributed by atoms with van der Waals surface area (Å²) in [4.78, 5) is 0. The maximum absolute atomic E-state index is 12.8. The SMILES string of the molecule is COC1=CC(c2ccc(F)cc2)CC(C)=C1. The summed E-state index contributed by atoms with van der Waals surface area (Å²) in [5.41, 5.74) is 2.41. The van der Waals surface area contributed by atoms with Gasteiger partial charge in [-0.05, 0) is 43.2 Å². The molecular weight excluding hydrogens is 203 g/mol. The summed E-state index contributed by atoms with van der Waals surface area (Å²) in [6.45, 7) is 2.09. The van der Waals surface area contributed by atoms with Crippen LogP contribution in [-0.2, 0) is 4.74 Å². The van der Waals surface area contributed by atoms with Crippen LogP contribution in [0.5, 0.6) is 0 Å². The highest BCUT2D eigenvalue weighted by Gasteiger charge is 2.15. The van der Waals surface area contributed by atoms with E-state index in [9.17, 15) is 4.39 Å². The minimum atomic E-state index is -0.192. The average Bonchev–Trinajstić information content (AvgIpc) is 2.29. The van der Waals surface area contributed by atoms with Crippen molar-refractivity contribution in [2.24, 2.45) is 0 Å². The normalized spacial score (nSPS) is 20.1. The molecule has 0 N–H and O–H groups in total. The molecule has 0 saturated heterocycles. The fraction of sp³-hybridized carbons (Fsp3) is 0.286. The Bertz CT molecular complexity index is 429. The summed E-state index contributed by atoms with van der Waals surface area (Å²) >= 11 is 0. The first-order valence-electron chi connectivity index (χ1n) is 5.37. The van der Waals surface area contributed by atoms with Crippen molar-refractivity contribution in [3.05, 3.63) is 59.1 Å². The summed E-state index contributed by atoms with van der Waals surface area (Å²) < 4.78 is 18.1. The first-order chi connectivity index (χ1) is 7.69. The van der Waals surface area contributed by atoms with E-state index in [1.54, 1.807) is 7.11 Å². The molecule has 0 fully saturated rings. The van der Waals surface area contributed by atoms with Gasteiger partial charge < -0.3 is 4.74 Å². The molecule has 0 aliphatic heterocycles. The topological polar surface area (TPSA) is 9.23 Å². The number of rotatable bonds is 2. The van der Waals surface area contributed by atoms with Crippen LogP contribution in [0, 0.1) is 5.82 Å². The Hall–Kier alpha value is -1.57. The first-order valence-corrected chi connectivity index (χ1v) is 5.37. The maximum Gasteiger partial charge on any atom is 0.123 e. The predicted molar refractivity (Wildman–Crippen MR) is 62.6 cm³/mol. The van der Waals surface area contributed by atoms with E-state index in [0.29, 0.717) is 5.92 Å². The summed E-state index contributed by atoms with van der Waals surface area (Å²) in [6.07, 6.45) is 5.10. The van der Waals surface area contributed by atoms with Gasteiger partial charge in [-0.25, -0.2) is 4.39 Å².